The first-order chi connectivity index (χ1) is 27.3. The molecule has 0 aliphatic carbocycles. The van der Waals surface area contributed by atoms with Gasteiger partial charge in [-0.25, -0.2) is 39.5 Å². The van der Waals surface area contributed by atoms with E-state index in [2.05, 4.69) is 44.7 Å². The maximum absolute atomic E-state index is 11.4. The van der Waals surface area contributed by atoms with Gasteiger partial charge in [-0.2, -0.15) is 0 Å². The van der Waals surface area contributed by atoms with Crippen LogP contribution in [0.2, 0.25) is 20.6 Å². The fourth-order valence-electron chi connectivity index (χ4n) is 5.08. The first-order valence-corrected chi connectivity index (χ1v) is 19.4. The first-order valence-electron chi connectivity index (χ1n) is 17.9. The third-order valence-corrected chi connectivity index (χ3v) is 8.92. The molecule has 25 heteroatoms. The van der Waals surface area contributed by atoms with Crippen LogP contribution < -0.4 is 27.5 Å². The fourth-order valence-corrected chi connectivity index (χ4v) is 5.71. The van der Waals surface area contributed by atoms with Crippen molar-refractivity contribution in [3.63, 3.8) is 0 Å². The van der Waals surface area contributed by atoms with E-state index in [0.29, 0.717) is 72.4 Å². The molecule has 0 amide bonds. The van der Waals surface area contributed by atoms with E-state index < -0.39 is 17.8 Å². The van der Waals surface area contributed by atoms with Crippen LogP contribution in [0.3, 0.4) is 0 Å². The number of hydrogen-bond donors (Lipinski definition) is 2. The molecule has 3 atom stereocenters. The number of anilines is 2. The summed E-state index contributed by atoms with van der Waals surface area (Å²) >= 11 is 22.4. The second-order valence-corrected chi connectivity index (χ2v) is 14.3. The Morgan fingerprint density at radius 2 is 1.16 bits per heavy atom. The van der Waals surface area contributed by atoms with Crippen LogP contribution in [-0.4, -0.2) is 180 Å². The normalized spacial score (nSPS) is 19.1. The van der Waals surface area contributed by atoms with Crippen LogP contribution in [0.4, 0.5) is 11.6 Å². The van der Waals surface area contributed by atoms with Crippen molar-refractivity contribution in [1.29, 1.82) is 0 Å². The largest absolute Gasteiger partial charge is 2.00 e. The molecule has 7 rings (SSSR count). The number of carbonyl (C=O) groups excluding carboxylic acids is 2. The van der Waals surface area contributed by atoms with Gasteiger partial charge in [0.25, 0.3) is 0 Å². The van der Waals surface area contributed by atoms with Crippen molar-refractivity contribution < 1.29 is 55.5 Å². The van der Waals surface area contributed by atoms with Crippen molar-refractivity contribution in [1.82, 2.24) is 35.2 Å². The van der Waals surface area contributed by atoms with Crippen molar-refractivity contribution in [3.05, 3.63) is 65.2 Å². The van der Waals surface area contributed by atoms with Gasteiger partial charge in [0, 0.05) is 64.1 Å². The average Bonchev–Trinajstić information content (AvgIpc) is 3.82. The minimum absolute atomic E-state index is 0. The van der Waals surface area contributed by atoms with Crippen LogP contribution in [0.5, 0.6) is 0 Å². The van der Waals surface area contributed by atoms with Crippen LogP contribution in [0.1, 0.15) is 26.7 Å². The van der Waals surface area contributed by atoms with Crippen LogP contribution in [0.25, 0.3) is 0 Å². The van der Waals surface area contributed by atoms with Gasteiger partial charge in [0.2, 0.25) is 0 Å². The molecular formula is C36H53Cl6MgN9O9. The Kier molecular flexibility index (Phi) is 33.6. The third kappa shape index (κ3) is 24.1. The van der Waals surface area contributed by atoms with Crippen molar-refractivity contribution in [2.45, 2.75) is 50.6 Å². The summed E-state index contributed by atoms with van der Waals surface area (Å²) in [7, 11) is 2.70. The number of methoxy groups -OCH3 is 2. The predicted octanol–water partition coefficient (Wildman–Crippen LogP) is 0.838. The summed E-state index contributed by atoms with van der Waals surface area (Å²) in [5.41, 5.74) is -0.866. The molecule has 4 aliphatic rings. The minimum Gasteiger partial charge on any atom is -1.00 e. The summed E-state index contributed by atoms with van der Waals surface area (Å²) in [5.74, 6) is 0.770. The summed E-state index contributed by atoms with van der Waals surface area (Å²) in [4.78, 5) is 49.3. The summed E-state index contributed by atoms with van der Waals surface area (Å²) < 4.78 is 30.0. The van der Waals surface area contributed by atoms with Crippen molar-refractivity contribution in [3.8, 4) is 0 Å². The minimum atomic E-state index is -0.866. The zero-order chi connectivity index (χ0) is 41.6. The van der Waals surface area contributed by atoms with Gasteiger partial charge in [-0.3, -0.25) is 0 Å². The van der Waals surface area contributed by atoms with E-state index in [0.717, 1.165) is 32.1 Å². The Morgan fingerprint density at radius 1 is 0.721 bits per heavy atom. The van der Waals surface area contributed by atoms with Crippen LogP contribution >= 0.6 is 58.8 Å². The van der Waals surface area contributed by atoms with E-state index in [4.69, 9.17) is 65.4 Å². The van der Waals surface area contributed by atoms with Gasteiger partial charge in [-0.15, -0.1) is 12.4 Å². The fraction of sp³-hybridized carbons (Fsp3) is 0.583. The molecule has 4 aliphatic heterocycles. The molecule has 3 aromatic heterocycles. The van der Waals surface area contributed by atoms with Gasteiger partial charge in [0.1, 0.15) is 57.3 Å². The van der Waals surface area contributed by atoms with E-state index in [9.17, 15) is 14.7 Å². The molecule has 0 unspecified atom stereocenters. The number of esters is 2. The average molecular weight is 993 g/mol. The van der Waals surface area contributed by atoms with Crippen molar-refractivity contribution >= 4 is 105 Å². The molecule has 61 heavy (non-hydrogen) atoms. The number of aliphatic hydroxyl groups is 1. The summed E-state index contributed by atoms with van der Waals surface area (Å²) in [6, 6.07) is 4.85. The van der Waals surface area contributed by atoms with E-state index in [-0.39, 0.29) is 73.3 Å². The van der Waals surface area contributed by atoms with Crippen molar-refractivity contribution in [2.24, 2.45) is 0 Å². The summed E-state index contributed by atoms with van der Waals surface area (Å²) in [5, 5.41) is 14.5. The number of nitrogens with zero attached hydrogens (tertiary/aromatic N) is 8. The predicted molar refractivity (Wildman–Crippen MR) is 232 cm³/mol. The molecule has 0 saturated carbocycles. The zero-order valence-electron chi connectivity index (χ0n) is 34.7. The number of hydrogen-bond acceptors (Lipinski definition) is 18. The van der Waals surface area contributed by atoms with E-state index >= 15 is 0 Å². The van der Waals surface area contributed by atoms with Gasteiger partial charge in [0.05, 0.1) is 46.2 Å². The Bertz CT molecular complexity index is 1630. The van der Waals surface area contributed by atoms with E-state index in [1.165, 1.54) is 52.1 Å². The zero-order valence-corrected chi connectivity index (χ0v) is 40.7. The molecule has 0 aromatic carbocycles. The topological polar surface area (TPSA) is 206 Å². The molecule has 4 fully saturated rings. The van der Waals surface area contributed by atoms with Gasteiger partial charge in [-0.1, -0.05) is 46.4 Å². The smallest absolute Gasteiger partial charge is 1.00 e. The second-order valence-electron chi connectivity index (χ2n) is 12.8. The van der Waals surface area contributed by atoms with Crippen LogP contribution in [0.15, 0.2) is 37.2 Å². The van der Waals surface area contributed by atoms with Crippen LogP contribution in [-0.2, 0) is 38.0 Å². The number of halogens is 6. The summed E-state index contributed by atoms with van der Waals surface area (Å²) in [6.07, 6.45) is 5.48. The molecule has 340 valence electrons. The van der Waals surface area contributed by atoms with Gasteiger partial charge < -0.3 is 68.5 Å². The van der Waals surface area contributed by atoms with Gasteiger partial charge in [-0.05, 0) is 26.7 Å². The van der Waals surface area contributed by atoms with E-state index in [1.54, 1.807) is 26.0 Å². The number of ether oxygens (including phenoxy) is 6. The molecular weight excluding hydrogens is 939 g/mol. The molecule has 0 radical (unpaired) electrons. The molecule has 18 nitrogen and oxygen atoms in total. The first kappa shape index (κ1) is 61.1. The third-order valence-electron chi connectivity index (χ3n) is 8.09. The second kappa shape index (κ2) is 33.5. The number of aromatic nitrogens is 6. The molecule has 7 heterocycles. The summed E-state index contributed by atoms with van der Waals surface area (Å²) in [6.45, 7) is 10.8. The molecule has 4 saturated heterocycles. The molecule has 0 bridgehead atoms. The maximum atomic E-state index is 11.4. The standard InChI is InChI=1S/C11H16ClN3O2.C10H12ClN3O3.C6H11NO3.C4H2Cl2N2.C4H8O.CH3.2ClH.Mg/c1-11(2,16)8-6-15(3-4-17-8)10-5-9(12)13-7-14-10;1-16-10(15)7-5-14(2-3-17-7)9-4-8(11)12-6-13-9;1-9-6(8)5-4-7-2-3-10-5;5-3-1-4(6)8-2-7-3;1-2-4-5-3-1;;;;/h5,7-8,16H,3-4,6H2,1-2H3;4,6-7H,2-3,5H2,1H3;5,7H,2-4H2,1H3;1-2H;1-4H2;1H3;2*1H;/q;;;;;-1;;;+2/p-1/t8-;7-;5-;;;;;;/m000....../s1. The number of rotatable bonds is 5. The quantitative estimate of drug-likeness (QED) is 0.157. The Morgan fingerprint density at radius 3 is 1.56 bits per heavy atom. The maximum Gasteiger partial charge on any atom is 2.00 e. The SMILES string of the molecule is C1CCOC1.CC(C)(O)[C@@H]1CN(c2cc(Cl)ncn2)CCO1.COC(=O)[C@@H]1CN(c2cc(Cl)ncn2)CCO1.COC(=O)[C@@H]1CNCCO1.Cl.Clc1cc(Cl)ncn1.[CH3-].[Cl-].[Mg+2]. The van der Waals surface area contributed by atoms with E-state index in [1.807, 2.05) is 9.80 Å². The van der Waals surface area contributed by atoms with Gasteiger partial charge in [0.15, 0.2) is 12.2 Å². The number of morpholine rings is 3. The van der Waals surface area contributed by atoms with Crippen LogP contribution in [0, 0.1) is 7.43 Å². The Balaban J connectivity index is 0. The number of nitrogens with one attached hydrogen (secondary N) is 1. The van der Waals surface area contributed by atoms with Crippen molar-refractivity contribution in [2.75, 3.05) is 96.3 Å². The monoisotopic (exact) mass is 989 g/mol. The number of carbonyl (C=O) groups is 2. The van der Waals surface area contributed by atoms with Gasteiger partial charge >= 0.3 is 35.0 Å². The molecule has 0 spiro atoms. The molecule has 3 aromatic rings. The molecule has 2 N–H and O–H groups in total. The Hall–Kier alpha value is -1.95. The Labute approximate surface area is 405 Å².